The number of hydrogen-bond donors (Lipinski definition) is 2. The van der Waals surface area contributed by atoms with Crippen LogP contribution in [0.25, 0.3) is 0 Å². The highest BCUT2D eigenvalue weighted by Crippen LogP contribution is 2.41. The minimum atomic E-state index is -6.33. The molecule has 2 N–H and O–H groups in total. The second-order valence-corrected chi connectivity index (χ2v) is 4.93. The van der Waals surface area contributed by atoms with Crippen molar-refractivity contribution < 1.29 is 34.9 Å². The van der Waals surface area contributed by atoms with Gasteiger partial charge in [-0.25, -0.2) is 4.39 Å². The van der Waals surface area contributed by atoms with E-state index >= 15 is 0 Å². The lowest BCUT2D eigenvalue weighted by Crippen LogP contribution is -2.51. The van der Waals surface area contributed by atoms with Gasteiger partial charge >= 0.3 is 21.3 Å². The van der Waals surface area contributed by atoms with Crippen LogP contribution in [0.5, 0.6) is 0 Å². The second-order valence-electron chi connectivity index (χ2n) is 3.47. The predicted molar refractivity (Wildman–Crippen MR) is 65.3 cm³/mol. The Morgan fingerprint density at radius 1 is 1.20 bits per heavy atom. The minimum Gasteiger partial charge on any atom is -0.310 e. The molecule has 0 heterocycles. The number of hydrogen-bond acceptors (Lipinski definition) is 3. The fourth-order valence-electron chi connectivity index (χ4n) is 0.691. The quantitative estimate of drug-likeness (QED) is 0.326. The lowest BCUT2D eigenvalue weighted by Gasteiger charge is -2.24. The van der Waals surface area contributed by atoms with Crippen molar-refractivity contribution in [3.63, 3.8) is 0 Å². The van der Waals surface area contributed by atoms with Gasteiger partial charge in [0.2, 0.25) is 0 Å². The molecule has 0 aliphatic rings. The van der Waals surface area contributed by atoms with E-state index in [4.69, 9.17) is 4.55 Å². The summed E-state index contributed by atoms with van der Waals surface area (Å²) < 4.78 is 87.7. The third-order valence-electron chi connectivity index (χ3n) is 1.79. The Morgan fingerprint density at radius 2 is 1.55 bits per heavy atom. The van der Waals surface area contributed by atoms with Gasteiger partial charge in [0, 0.05) is 13.1 Å². The molecule has 120 valence electrons. The third-order valence-corrected chi connectivity index (χ3v) is 2.71. The average molecular weight is 325 g/mol. The zero-order valence-corrected chi connectivity index (χ0v) is 11.4. The van der Waals surface area contributed by atoms with Gasteiger partial charge in [0.05, 0.1) is 0 Å². The highest BCUT2D eigenvalue weighted by atomic mass is 32.2. The van der Waals surface area contributed by atoms with Crippen LogP contribution < -0.4 is 5.32 Å². The molecule has 0 aliphatic carbocycles. The lowest BCUT2D eigenvalue weighted by molar-refractivity contribution is -0.192. The van der Waals surface area contributed by atoms with Crippen LogP contribution in [-0.4, -0.2) is 43.4 Å². The van der Waals surface area contributed by atoms with E-state index in [1.807, 2.05) is 12.2 Å². The van der Waals surface area contributed by atoms with Gasteiger partial charge < -0.3 is 5.32 Å². The molecule has 0 amide bonds. The van der Waals surface area contributed by atoms with E-state index in [0.29, 0.717) is 0 Å². The largest absolute Gasteiger partial charge is 0.434 e. The first-order chi connectivity index (χ1) is 8.86. The van der Waals surface area contributed by atoms with Crippen LogP contribution in [0.15, 0.2) is 25.3 Å². The maximum Gasteiger partial charge on any atom is 0.434 e. The van der Waals surface area contributed by atoms with Crippen molar-refractivity contribution in [1.29, 1.82) is 0 Å². The van der Waals surface area contributed by atoms with Crippen LogP contribution in [-0.2, 0) is 10.1 Å². The lowest BCUT2D eigenvalue weighted by atomic mass is 10.2. The molecule has 0 aromatic carbocycles. The van der Waals surface area contributed by atoms with Gasteiger partial charge in [0.15, 0.2) is 6.17 Å². The number of halogens is 5. The normalized spacial score (nSPS) is 13.9. The molecule has 0 fully saturated rings. The number of alkyl halides is 5. The average Bonchev–Trinajstić information content (AvgIpc) is 2.28. The minimum absolute atomic E-state index is 0.0547. The van der Waals surface area contributed by atoms with E-state index < -0.39 is 27.5 Å². The summed E-state index contributed by atoms with van der Waals surface area (Å²) in [5.41, 5.74) is 0. The standard InChI is InChI=1S/C6H11N.C4H5F5O3S/c1-3-5-7-6-4-2;1-2(5)3(6,7)4(8,9)13(10,11)12/h3-4,7H,1-2,5-6H2;2H,1H3,(H,10,11,12). The van der Waals surface area contributed by atoms with Gasteiger partial charge in [-0.2, -0.15) is 26.0 Å². The van der Waals surface area contributed by atoms with E-state index in [9.17, 15) is 30.4 Å². The molecule has 1 unspecified atom stereocenters. The molecule has 0 radical (unpaired) electrons. The smallest absolute Gasteiger partial charge is 0.310 e. The van der Waals surface area contributed by atoms with Gasteiger partial charge in [-0.3, -0.25) is 4.55 Å². The molecular formula is C10H16F5NO3S. The van der Waals surface area contributed by atoms with E-state index in [0.717, 1.165) is 13.1 Å². The van der Waals surface area contributed by atoms with Crippen LogP contribution in [0, 0.1) is 0 Å². The predicted octanol–water partition coefficient (Wildman–Crippen LogP) is 2.41. The van der Waals surface area contributed by atoms with Crippen LogP contribution in [0.4, 0.5) is 22.0 Å². The number of rotatable bonds is 7. The molecule has 1 atom stereocenters. The van der Waals surface area contributed by atoms with Crippen molar-refractivity contribution in [3.05, 3.63) is 25.3 Å². The molecule has 10 heteroatoms. The highest BCUT2D eigenvalue weighted by molar-refractivity contribution is 7.87. The summed E-state index contributed by atoms with van der Waals surface area (Å²) in [5, 5.41) is -2.78. The SMILES string of the molecule is C=CCNCC=C.CC(F)C(F)(F)C(F)(F)S(=O)(=O)O. The first-order valence-corrected chi connectivity index (χ1v) is 6.59. The molecule has 0 aromatic heterocycles. The van der Waals surface area contributed by atoms with Crippen molar-refractivity contribution in [2.75, 3.05) is 13.1 Å². The fourth-order valence-corrected chi connectivity index (χ4v) is 1.20. The second kappa shape index (κ2) is 8.32. The van der Waals surface area contributed by atoms with E-state index in [-0.39, 0.29) is 6.92 Å². The Bertz CT molecular complexity index is 401. The Balaban J connectivity index is 0. The Hall–Kier alpha value is -1.00. The zero-order chi connectivity index (χ0) is 16.6. The summed E-state index contributed by atoms with van der Waals surface area (Å²) in [6.07, 6.45) is 0.247. The van der Waals surface area contributed by atoms with Crippen molar-refractivity contribution >= 4 is 10.1 Å². The van der Waals surface area contributed by atoms with E-state index in [1.165, 1.54) is 0 Å². The molecule has 0 rings (SSSR count). The van der Waals surface area contributed by atoms with Crippen LogP contribution in [0.2, 0.25) is 0 Å². The van der Waals surface area contributed by atoms with Gasteiger partial charge in [0.1, 0.15) is 0 Å². The first-order valence-electron chi connectivity index (χ1n) is 5.15. The Kier molecular flexibility index (Phi) is 8.86. The van der Waals surface area contributed by atoms with Gasteiger partial charge in [0.25, 0.3) is 0 Å². The fraction of sp³-hybridized carbons (Fsp3) is 0.600. The van der Waals surface area contributed by atoms with E-state index in [1.54, 1.807) is 0 Å². The Morgan fingerprint density at radius 3 is 1.70 bits per heavy atom. The maximum absolute atomic E-state index is 12.2. The molecular weight excluding hydrogens is 309 g/mol. The van der Waals surface area contributed by atoms with Crippen molar-refractivity contribution in [2.45, 2.75) is 24.3 Å². The van der Waals surface area contributed by atoms with E-state index in [2.05, 4.69) is 18.5 Å². The molecule has 0 bridgehead atoms. The van der Waals surface area contributed by atoms with Crippen molar-refractivity contribution in [3.8, 4) is 0 Å². The molecule has 0 aromatic rings. The molecule has 0 aliphatic heterocycles. The monoisotopic (exact) mass is 325 g/mol. The number of nitrogens with one attached hydrogen (secondary N) is 1. The summed E-state index contributed by atoms with van der Waals surface area (Å²) in [5.74, 6) is -5.46. The van der Waals surface area contributed by atoms with Crippen LogP contribution in [0.1, 0.15) is 6.92 Å². The third kappa shape index (κ3) is 5.97. The summed E-state index contributed by atoms with van der Waals surface area (Å²) in [4.78, 5) is 0. The summed E-state index contributed by atoms with van der Waals surface area (Å²) in [7, 11) is -6.33. The molecule has 0 spiro atoms. The molecule has 4 nitrogen and oxygen atoms in total. The maximum atomic E-state index is 12.2. The van der Waals surface area contributed by atoms with Crippen molar-refractivity contribution in [2.24, 2.45) is 0 Å². The van der Waals surface area contributed by atoms with Crippen LogP contribution >= 0.6 is 0 Å². The summed E-state index contributed by atoms with van der Waals surface area (Å²) in [6.45, 7) is 8.86. The zero-order valence-electron chi connectivity index (χ0n) is 10.6. The van der Waals surface area contributed by atoms with Gasteiger partial charge in [-0.1, -0.05) is 12.2 Å². The van der Waals surface area contributed by atoms with Gasteiger partial charge in [-0.15, -0.1) is 13.2 Å². The Labute approximate surface area is 114 Å². The molecule has 20 heavy (non-hydrogen) atoms. The topological polar surface area (TPSA) is 66.4 Å². The van der Waals surface area contributed by atoms with Gasteiger partial charge in [-0.05, 0) is 6.92 Å². The molecule has 0 saturated carbocycles. The molecule has 0 saturated heterocycles. The highest BCUT2D eigenvalue weighted by Gasteiger charge is 2.68. The summed E-state index contributed by atoms with van der Waals surface area (Å²) >= 11 is 0. The summed E-state index contributed by atoms with van der Waals surface area (Å²) in [6, 6.07) is 0. The van der Waals surface area contributed by atoms with Crippen molar-refractivity contribution in [1.82, 2.24) is 5.32 Å². The first kappa shape index (κ1) is 21.3. The van der Waals surface area contributed by atoms with Crippen LogP contribution in [0.3, 0.4) is 0 Å².